The molecule has 0 atom stereocenters. The van der Waals surface area contributed by atoms with E-state index in [4.69, 9.17) is 4.74 Å². The molecule has 1 aromatic carbocycles. The Balaban J connectivity index is 2.79. The number of ether oxygens (including phenoxy) is 1. The van der Waals surface area contributed by atoms with Gasteiger partial charge < -0.3 is 4.74 Å². The number of benzene rings is 1. The summed E-state index contributed by atoms with van der Waals surface area (Å²) in [6.45, 7) is 3.70. The fourth-order valence-corrected chi connectivity index (χ4v) is 0.850. The maximum Gasteiger partial charge on any atom is 0.188 e. The first-order valence-electron chi connectivity index (χ1n) is 3.82. The Morgan fingerprint density at radius 3 is 2.58 bits per heavy atom. The molecular formula is C10H12NO. The highest BCUT2D eigenvalue weighted by molar-refractivity contribution is 5.79. The van der Waals surface area contributed by atoms with E-state index in [0.717, 1.165) is 5.69 Å². The van der Waals surface area contributed by atoms with Crippen LogP contribution in [0.2, 0.25) is 0 Å². The Bertz CT molecular complexity index is 248. The molecule has 0 unspecified atom stereocenters. The summed E-state index contributed by atoms with van der Waals surface area (Å²) < 4.78 is 4.99. The summed E-state index contributed by atoms with van der Waals surface area (Å²) in [6, 6.07) is 9.68. The maximum atomic E-state index is 4.99. The van der Waals surface area contributed by atoms with Crippen LogP contribution in [0.15, 0.2) is 35.3 Å². The van der Waals surface area contributed by atoms with Gasteiger partial charge in [0.2, 0.25) is 0 Å². The third kappa shape index (κ3) is 2.38. The average Bonchev–Trinajstić information content (AvgIpc) is 2.16. The first-order chi connectivity index (χ1) is 5.86. The predicted molar refractivity (Wildman–Crippen MR) is 50.5 cm³/mol. The largest absolute Gasteiger partial charge is 0.484 e. The van der Waals surface area contributed by atoms with Crippen molar-refractivity contribution in [3.8, 4) is 0 Å². The molecule has 2 nitrogen and oxygen atoms in total. The molecule has 63 valence electrons. The third-order valence-electron chi connectivity index (χ3n) is 1.46. The molecule has 0 aliphatic rings. The third-order valence-corrected chi connectivity index (χ3v) is 1.46. The van der Waals surface area contributed by atoms with Gasteiger partial charge in [0, 0.05) is 6.42 Å². The van der Waals surface area contributed by atoms with Crippen LogP contribution in [0.5, 0.6) is 0 Å². The average molecular weight is 162 g/mol. The van der Waals surface area contributed by atoms with E-state index >= 15 is 0 Å². The minimum absolute atomic E-state index is 0.575. The molecule has 1 rings (SSSR count). The van der Waals surface area contributed by atoms with Crippen LogP contribution in [-0.2, 0) is 4.74 Å². The molecule has 0 aliphatic carbocycles. The molecule has 12 heavy (non-hydrogen) atoms. The maximum absolute atomic E-state index is 4.99. The summed E-state index contributed by atoms with van der Waals surface area (Å²) in [5, 5.41) is 0. The molecule has 0 saturated carbocycles. The molecular weight excluding hydrogens is 150 g/mol. The fraction of sp³-hybridized carbons (Fsp3) is 0.200. The van der Waals surface area contributed by atoms with Crippen LogP contribution in [-0.4, -0.2) is 13.0 Å². The van der Waals surface area contributed by atoms with Crippen molar-refractivity contribution < 1.29 is 4.74 Å². The van der Waals surface area contributed by atoms with Crippen LogP contribution in [0.3, 0.4) is 0 Å². The number of hydrogen-bond donors (Lipinski definition) is 0. The molecule has 1 aromatic rings. The lowest BCUT2D eigenvalue weighted by molar-refractivity contribution is 0.395. The lowest BCUT2D eigenvalue weighted by Gasteiger charge is -2.00. The van der Waals surface area contributed by atoms with Crippen LogP contribution in [0.25, 0.3) is 0 Å². The van der Waals surface area contributed by atoms with Gasteiger partial charge in [-0.3, -0.25) is 0 Å². The van der Waals surface area contributed by atoms with Gasteiger partial charge in [-0.2, -0.15) is 0 Å². The van der Waals surface area contributed by atoms with Crippen LogP contribution in [0.4, 0.5) is 5.69 Å². The SMILES string of the molecule is [CH2]CC(=Nc1ccccc1)OC. The van der Waals surface area contributed by atoms with Crippen LogP contribution < -0.4 is 0 Å². The summed E-state index contributed by atoms with van der Waals surface area (Å²) in [6.07, 6.45) is 0.575. The van der Waals surface area contributed by atoms with Crippen molar-refractivity contribution in [2.24, 2.45) is 4.99 Å². The van der Waals surface area contributed by atoms with Crippen molar-refractivity contribution in [3.63, 3.8) is 0 Å². The molecule has 1 radical (unpaired) electrons. The van der Waals surface area contributed by atoms with Crippen molar-refractivity contribution in [2.45, 2.75) is 6.42 Å². The van der Waals surface area contributed by atoms with Crippen molar-refractivity contribution in [2.75, 3.05) is 7.11 Å². The van der Waals surface area contributed by atoms with Gasteiger partial charge in [-0.15, -0.1) is 0 Å². The summed E-state index contributed by atoms with van der Waals surface area (Å²) in [4.78, 5) is 4.23. The van der Waals surface area contributed by atoms with Gasteiger partial charge in [-0.05, 0) is 19.1 Å². The van der Waals surface area contributed by atoms with Gasteiger partial charge in [0.25, 0.3) is 0 Å². The summed E-state index contributed by atoms with van der Waals surface area (Å²) in [7, 11) is 1.60. The topological polar surface area (TPSA) is 21.6 Å². The number of hydrogen-bond acceptors (Lipinski definition) is 2. The monoisotopic (exact) mass is 162 g/mol. The van der Waals surface area contributed by atoms with Crippen LogP contribution in [0.1, 0.15) is 6.42 Å². The highest BCUT2D eigenvalue weighted by Crippen LogP contribution is 2.10. The molecule has 0 N–H and O–H groups in total. The van der Waals surface area contributed by atoms with Crippen molar-refractivity contribution >= 4 is 11.6 Å². The van der Waals surface area contributed by atoms with E-state index in [1.54, 1.807) is 7.11 Å². The standard InChI is InChI=1S/C10H12NO/c1-3-10(12-2)11-9-7-5-4-6-8-9/h4-8H,1,3H2,2H3. The van der Waals surface area contributed by atoms with Gasteiger partial charge in [0.1, 0.15) is 0 Å². The van der Waals surface area contributed by atoms with Crippen LogP contribution in [0, 0.1) is 6.92 Å². The molecule has 2 heteroatoms. The molecule has 0 bridgehead atoms. The fourth-order valence-electron chi connectivity index (χ4n) is 0.850. The zero-order chi connectivity index (χ0) is 8.81. The van der Waals surface area contributed by atoms with Crippen molar-refractivity contribution in [3.05, 3.63) is 37.3 Å². The number of nitrogens with zero attached hydrogens (tertiary/aromatic N) is 1. The second kappa shape index (κ2) is 4.54. The lowest BCUT2D eigenvalue weighted by Crippen LogP contribution is -1.97. The summed E-state index contributed by atoms with van der Waals surface area (Å²) in [5.41, 5.74) is 0.901. The van der Waals surface area contributed by atoms with E-state index in [2.05, 4.69) is 11.9 Å². The Morgan fingerprint density at radius 2 is 2.08 bits per heavy atom. The lowest BCUT2D eigenvalue weighted by atomic mass is 10.3. The second-order valence-electron chi connectivity index (χ2n) is 2.30. The molecule has 0 aliphatic heterocycles. The van der Waals surface area contributed by atoms with E-state index in [0.29, 0.717) is 12.3 Å². The highest BCUT2D eigenvalue weighted by atomic mass is 16.5. The molecule has 0 spiro atoms. The minimum atomic E-state index is 0.575. The molecule has 0 fully saturated rings. The van der Waals surface area contributed by atoms with E-state index in [-0.39, 0.29) is 0 Å². The van der Waals surface area contributed by atoms with E-state index in [1.165, 1.54) is 0 Å². The number of aliphatic imine (C=N–C) groups is 1. The highest BCUT2D eigenvalue weighted by Gasteiger charge is 1.93. The Hall–Kier alpha value is -1.31. The van der Waals surface area contributed by atoms with Crippen molar-refractivity contribution in [1.29, 1.82) is 0 Å². The van der Waals surface area contributed by atoms with E-state index < -0.39 is 0 Å². The smallest absolute Gasteiger partial charge is 0.188 e. The van der Waals surface area contributed by atoms with E-state index in [9.17, 15) is 0 Å². The Kier molecular flexibility index (Phi) is 3.33. The van der Waals surface area contributed by atoms with Gasteiger partial charge in [0.15, 0.2) is 5.90 Å². The van der Waals surface area contributed by atoms with Gasteiger partial charge >= 0.3 is 0 Å². The normalized spacial score (nSPS) is 11.3. The Morgan fingerprint density at radius 1 is 1.42 bits per heavy atom. The van der Waals surface area contributed by atoms with Gasteiger partial charge in [-0.1, -0.05) is 18.2 Å². The first-order valence-corrected chi connectivity index (χ1v) is 3.82. The number of methoxy groups -OCH3 is 1. The summed E-state index contributed by atoms with van der Waals surface area (Å²) >= 11 is 0. The Labute approximate surface area is 72.9 Å². The molecule has 0 heterocycles. The molecule has 0 amide bonds. The molecule has 0 saturated heterocycles. The van der Waals surface area contributed by atoms with E-state index in [1.807, 2.05) is 30.3 Å². The summed E-state index contributed by atoms with van der Waals surface area (Å²) in [5.74, 6) is 0.654. The quantitative estimate of drug-likeness (QED) is 0.484. The second-order valence-corrected chi connectivity index (χ2v) is 2.30. The minimum Gasteiger partial charge on any atom is -0.484 e. The molecule has 0 aromatic heterocycles. The van der Waals surface area contributed by atoms with Crippen LogP contribution >= 0.6 is 0 Å². The zero-order valence-corrected chi connectivity index (χ0v) is 7.16. The first kappa shape index (κ1) is 8.78. The van der Waals surface area contributed by atoms with Gasteiger partial charge in [-0.25, -0.2) is 4.99 Å². The number of para-hydroxylation sites is 1. The van der Waals surface area contributed by atoms with Crippen molar-refractivity contribution in [1.82, 2.24) is 0 Å². The number of rotatable bonds is 2. The predicted octanol–water partition coefficient (Wildman–Crippen LogP) is 2.59. The van der Waals surface area contributed by atoms with Gasteiger partial charge in [0.05, 0.1) is 12.8 Å². The zero-order valence-electron chi connectivity index (χ0n) is 7.16.